The van der Waals surface area contributed by atoms with Gasteiger partial charge in [-0.3, -0.25) is 19.5 Å². The predicted octanol–water partition coefficient (Wildman–Crippen LogP) is 3.02. The molecule has 194 valence electrons. The molecule has 11 heteroatoms. The van der Waals surface area contributed by atoms with Crippen molar-refractivity contribution < 1.29 is 14.3 Å². The fourth-order valence-corrected chi connectivity index (χ4v) is 4.32. The molecule has 1 aromatic carbocycles. The Labute approximate surface area is 214 Å². The first-order valence-electron chi connectivity index (χ1n) is 12.4. The molecule has 0 aliphatic heterocycles. The number of benzene rings is 1. The number of aromatic nitrogens is 6. The second-order valence-electron chi connectivity index (χ2n) is 8.50. The fourth-order valence-electron chi connectivity index (χ4n) is 4.32. The summed E-state index contributed by atoms with van der Waals surface area (Å²) >= 11 is 0. The summed E-state index contributed by atoms with van der Waals surface area (Å²) in [6.07, 6.45) is 4.15. The van der Waals surface area contributed by atoms with Gasteiger partial charge in [-0.2, -0.15) is 0 Å². The summed E-state index contributed by atoms with van der Waals surface area (Å²) < 4.78 is 12.2. The topological polar surface area (TPSA) is 128 Å². The van der Waals surface area contributed by atoms with Gasteiger partial charge in [-0.05, 0) is 66.6 Å². The van der Waals surface area contributed by atoms with E-state index >= 15 is 0 Å². The lowest BCUT2D eigenvalue weighted by Crippen LogP contribution is -2.33. The maximum atomic E-state index is 13.1. The van der Waals surface area contributed by atoms with Crippen molar-refractivity contribution in [2.75, 3.05) is 13.2 Å². The third-order valence-corrected chi connectivity index (χ3v) is 5.95. The second kappa shape index (κ2) is 12.2. The van der Waals surface area contributed by atoms with Crippen LogP contribution in [-0.4, -0.2) is 54.3 Å². The third-order valence-electron chi connectivity index (χ3n) is 5.95. The van der Waals surface area contributed by atoms with Crippen LogP contribution in [0.4, 0.5) is 0 Å². The highest BCUT2D eigenvalue weighted by molar-refractivity contribution is 5.80. The first-order valence-corrected chi connectivity index (χ1v) is 12.4. The molecule has 4 rings (SSSR count). The normalized spacial score (nSPS) is 12.1. The molecule has 3 heterocycles. The average Bonchev–Trinajstić information content (AvgIpc) is 3.33. The zero-order chi connectivity index (χ0) is 26.2. The molecule has 0 bridgehead atoms. The number of carbonyl (C=O) groups excluding carboxylic acids is 1. The zero-order valence-corrected chi connectivity index (χ0v) is 21.3. The lowest BCUT2D eigenvalue weighted by Gasteiger charge is -2.30. The monoisotopic (exact) mass is 505 g/mol. The van der Waals surface area contributed by atoms with Crippen LogP contribution in [0.3, 0.4) is 0 Å². The Bertz CT molecular complexity index is 1390. The summed E-state index contributed by atoms with van der Waals surface area (Å²) in [6, 6.07) is 11.1. The van der Waals surface area contributed by atoms with E-state index < -0.39 is 5.97 Å². The summed E-state index contributed by atoms with van der Waals surface area (Å²) in [5.74, 6) is 0.848. The zero-order valence-electron chi connectivity index (χ0n) is 21.3. The van der Waals surface area contributed by atoms with Crippen LogP contribution in [0, 0.1) is 0 Å². The number of ether oxygens (including phenoxy) is 2. The molecule has 4 aromatic rings. The van der Waals surface area contributed by atoms with E-state index in [1.54, 1.807) is 19.3 Å². The maximum Gasteiger partial charge on any atom is 0.327 e. The van der Waals surface area contributed by atoms with E-state index in [1.165, 1.54) is 4.68 Å². The molecule has 0 aliphatic rings. The highest BCUT2D eigenvalue weighted by Gasteiger charge is 2.27. The van der Waals surface area contributed by atoms with E-state index in [1.807, 2.05) is 50.2 Å². The van der Waals surface area contributed by atoms with Gasteiger partial charge in [0.2, 0.25) is 0 Å². The van der Waals surface area contributed by atoms with Crippen molar-refractivity contribution in [3.05, 3.63) is 76.1 Å². The number of pyridine rings is 2. The van der Waals surface area contributed by atoms with Crippen LogP contribution in [-0.2, 0) is 29.2 Å². The first-order chi connectivity index (χ1) is 18.0. The van der Waals surface area contributed by atoms with Crippen molar-refractivity contribution in [1.29, 1.82) is 0 Å². The number of nitrogens with zero attached hydrogens (tertiary/aromatic N) is 6. The number of nitrogens with one attached hydrogen (secondary N) is 1. The molecule has 3 aromatic heterocycles. The van der Waals surface area contributed by atoms with Crippen molar-refractivity contribution in [1.82, 2.24) is 35.1 Å². The SMILES string of the molecule is CCOC(=O)Cn1nnnc1[C@H](CC)N(Cc1cccnc1)Cc1cc2cc(OCC)ccc2[nH]c1=O. The van der Waals surface area contributed by atoms with Crippen molar-refractivity contribution >= 4 is 16.9 Å². The van der Waals surface area contributed by atoms with Gasteiger partial charge in [-0.1, -0.05) is 13.0 Å². The molecule has 0 unspecified atom stereocenters. The van der Waals surface area contributed by atoms with E-state index in [-0.39, 0.29) is 24.8 Å². The Morgan fingerprint density at radius 1 is 1.14 bits per heavy atom. The summed E-state index contributed by atoms with van der Waals surface area (Å²) in [5, 5.41) is 13.0. The molecular formula is C26H31N7O4. The highest BCUT2D eigenvalue weighted by Crippen LogP contribution is 2.27. The van der Waals surface area contributed by atoms with Gasteiger partial charge >= 0.3 is 5.97 Å². The van der Waals surface area contributed by atoms with Gasteiger partial charge in [-0.25, -0.2) is 4.68 Å². The van der Waals surface area contributed by atoms with Crippen LogP contribution in [0.1, 0.15) is 50.2 Å². The summed E-state index contributed by atoms with van der Waals surface area (Å²) in [6.45, 7) is 7.25. The molecule has 0 saturated carbocycles. The van der Waals surface area contributed by atoms with Crippen LogP contribution >= 0.6 is 0 Å². The lowest BCUT2D eigenvalue weighted by molar-refractivity contribution is -0.144. The Kier molecular flexibility index (Phi) is 8.57. The standard InChI is InChI=1S/C26H31N7O4/c1-4-23(25-29-30-31-33(25)17-24(34)37-6-3)32(15-18-8-7-11-27-14-18)16-20-12-19-13-21(36-5-2)9-10-22(19)28-26(20)35/h7-14,23H,4-6,15-17H2,1-3H3,(H,28,35)/t23-/m0/s1. The molecule has 0 saturated heterocycles. The first kappa shape index (κ1) is 26.0. The number of rotatable bonds is 12. The average molecular weight is 506 g/mol. The summed E-state index contributed by atoms with van der Waals surface area (Å²) in [7, 11) is 0. The largest absolute Gasteiger partial charge is 0.494 e. The maximum absolute atomic E-state index is 13.1. The lowest BCUT2D eigenvalue weighted by atomic mass is 10.1. The van der Waals surface area contributed by atoms with Crippen molar-refractivity contribution in [3.63, 3.8) is 0 Å². The minimum atomic E-state index is -0.416. The smallest absolute Gasteiger partial charge is 0.327 e. The second-order valence-corrected chi connectivity index (χ2v) is 8.50. The van der Waals surface area contributed by atoms with Crippen LogP contribution < -0.4 is 10.3 Å². The van der Waals surface area contributed by atoms with E-state index in [0.717, 1.165) is 22.2 Å². The van der Waals surface area contributed by atoms with Gasteiger partial charge in [0.1, 0.15) is 12.3 Å². The minimum Gasteiger partial charge on any atom is -0.494 e. The van der Waals surface area contributed by atoms with E-state index in [4.69, 9.17) is 9.47 Å². The Morgan fingerprint density at radius 3 is 2.73 bits per heavy atom. The van der Waals surface area contributed by atoms with Gasteiger partial charge in [0.25, 0.3) is 5.56 Å². The van der Waals surface area contributed by atoms with Crippen LogP contribution in [0.15, 0.2) is 53.6 Å². The van der Waals surface area contributed by atoms with E-state index in [9.17, 15) is 9.59 Å². The van der Waals surface area contributed by atoms with Gasteiger partial charge in [-0.15, -0.1) is 5.10 Å². The van der Waals surface area contributed by atoms with Gasteiger partial charge in [0.05, 0.1) is 19.3 Å². The minimum absolute atomic E-state index is 0.0931. The van der Waals surface area contributed by atoms with Crippen molar-refractivity contribution in [3.8, 4) is 5.75 Å². The number of H-pyrrole nitrogens is 1. The Hall–Kier alpha value is -4.12. The number of tetrazole rings is 1. The van der Waals surface area contributed by atoms with Gasteiger partial charge in [0.15, 0.2) is 5.82 Å². The number of esters is 1. The number of fused-ring (bicyclic) bond motifs is 1. The van der Waals surface area contributed by atoms with Crippen molar-refractivity contribution in [2.45, 2.75) is 52.9 Å². The fraction of sp³-hybridized carbons (Fsp3) is 0.385. The molecule has 0 aliphatic carbocycles. The third kappa shape index (κ3) is 6.36. The number of hydrogen-bond donors (Lipinski definition) is 1. The molecule has 1 N–H and O–H groups in total. The quantitative estimate of drug-likeness (QED) is 0.289. The van der Waals surface area contributed by atoms with Gasteiger partial charge in [0, 0.05) is 41.9 Å². The Morgan fingerprint density at radius 2 is 2.00 bits per heavy atom. The summed E-state index contributed by atoms with van der Waals surface area (Å²) in [4.78, 5) is 34.6. The summed E-state index contributed by atoms with van der Waals surface area (Å²) in [5.41, 5.74) is 2.13. The number of carbonyl (C=O) groups is 1. The number of hydrogen-bond acceptors (Lipinski definition) is 9. The molecule has 37 heavy (non-hydrogen) atoms. The van der Waals surface area contributed by atoms with Gasteiger partial charge < -0.3 is 14.5 Å². The van der Waals surface area contributed by atoms with Crippen molar-refractivity contribution in [2.24, 2.45) is 0 Å². The molecule has 11 nitrogen and oxygen atoms in total. The Balaban J connectivity index is 1.71. The van der Waals surface area contributed by atoms with E-state index in [0.29, 0.717) is 37.5 Å². The van der Waals surface area contributed by atoms with Crippen LogP contribution in [0.2, 0.25) is 0 Å². The van der Waals surface area contributed by atoms with E-state index in [2.05, 4.69) is 30.4 Å². The number of aromatic amines is 1. The predicted molar refractivity (Wildman–Crippen MR) is 137 cm³/mol. The molecule has 0 fully saturated rings. The molecule has 0 amide bonds. The molecule has 1 atom stereocenters. The van der Waals surface area contributed by atoms with Crippen LogP contribution in [0.5, 0.6) is 5.75 Å². The molecular weight excluding hydrogens is 474 g/mol. The molecule has 0 spiro atoms. The highest BCUT2D eigenvalue weighted by atomic mass is 16.5. The van der Waals surface area contributed by atoms with Crippen LogP contribution in [0.25, 0.3) is 10.9 Å². The molecule has 0 radical (unpaired) electrons.